The van der Waals surface area contributed by atoms with Crippen LogP contribution in [-0.2, 0) is 16.0 Å². The van der Waals surface area contributed by atoms with Crippen LogP contribution in [0.4, 0.5) is 18.0 Å². The van der Waals surface area contributed by atoms with E-state index in [0.29, 0.717) is 24.6 Å². The molecule has 38 heavy (non-hydrogen) atoms. The molecule has 1 amide bonds. The Labute approximate surface area is 220 Å². The standard InChI is InChI=1S/C27H34F3NO7/c1-4-35-24(25(32)33)18-20-11-13-21(14-12-20)36-17-16-31(15-7-8-19(2)3)26(34)37-22-9-5-6-10-23(22)38-27(28,29)30/h5-6,9-14,19,24H,4,7-8,15-18H2,1-3H3,(H,32,33). The van der Waals surface area contributed by atoms with Gasteiger partial charge in [-0.15, -0.1) is 13.2 Å². The largest absolute Gasteiger partial charge is 0.573 e. The Morgan fingerprint density at radius 1 is 1.00 bits per heavy atom. The van der Waals surface area contributed by atoms with Crippen molar-refractivity contribution in [3.63, 3.8) is 0 Å². The Hall–Kier alpha value is -3.47. The fourth-order valence-corrected chi connectivity index (χ4v) is 3.52. The molecule has 0 aliphatic heterocycles. The van der Waals surface area contributed by atoms with Crippen LogP contribution in [0, 0.1) is 5.92 Å². The number of para-hydroxylation sites is 2. The van der Waals surface area contributed by atoms with Gasteiger partial charge in [0.2, 0.25) is 0 Å². The van der Waals surface area contributed by atoms with Crippen LogP contribution in [0.3, 0.4) is 0 Å². The number of hydrogen-bond acceptors (Lipinski definition) is 6. The van der Waals surface area contributed by atoms with Gasteiger partial charge in [0.25, 0.3) is 0 Å². The number of nitrogens with zero attached hydrogens (tertiary/aromatic N) is 1. The van der Waals surface area contributed by atoms with Crippen LogP contribution in [-0.4, -0.2) is 60.8 Å². The van der Waals surface area contributed by atoms with E-state index in [1.165, 1.54) is 23.1 Å². The first kappa shape index (κ1) is 30.8. The lowest BCUT2D eigenvalue weighted by molar-refractivity contribution is -0.275. The van der Waals surface area contributed by atoms with Gasteiger partial charge in [0.15, 0.2) is 17.6 Å². The average molecular weight is 542 g/mol. The Kier molecular flexibility index (Phi) is 12.2. The second kappa shape index (κ2) is 15.1. The van der Waals surface area contributed by atoms with Crippen LogP contribution in [0.2, 0.25) is 0 Å². The van der Waals surface area contributed by atoms with Crippen molar-refractivity contribution in [2.24, 2.45) is 5.92 Å². The van der Waals surface area contributed by atoms with Gasteiger partial charge in [0, 0.05) is 19.6 Å². The fourth-order valence-electron chi connectivity index (χ4n) is 3.52. The van der Waals surface area contributed by atoms with Gasteiger partial charge >= 0.3 is 18.4 Å². The second-order valence-corrected chi connectivity index (χ2v) is 8.86. The van der Waals surface area contributed by atoms with Crippen LogP contribution in [0.25, 0.3) is 0 Å². The van der Waals surface area contributed by atoms with E-state index < -0.39 is 30.3 Å². The van der Waals surface area contributed by atoms with Crippen LogP contribution in [0.15, 0.2) is 48.5 Å². The zero-order valence-electron chi connectivity index (χ0n) is 21.7. The normalized spacial score (nSPS) is 12.2. The summed E-state index contributed by atoms with van der Waals surface area (Å²) < 4.78 is 58.4. The molecule has 0 aromatic heterocycles. The zero-order chi connectivity index (χ0) is 28.1. The van der Waals surface area contributed by atoms with E-state index in [2.05, 4.69) is 4.74 Å². The number of ether oxygens (including phenoxy) is 4. The third-order valence-corrected chi connectivity index (χ3v) is 5.36. The number of hydrogen-bond donors (Lipinski definition) is 1. The zero-order valence-corrected chi connectivity index (χ0v) is 21.7. The van der Waals surface area contributed by atoms with Gasteiger partial charge in [0.1, 0.15) is 12.4 Å². The first-order chi connectivity index (χ1) is 18.0. The summed E-state index contributed by atoms with van der Waals surface area (Å²) in [7, 11) is 0. The first-order valence-corrected chi connectivity index (χ1v) is 12.4. The molecule has 2 aromatic rings. The molecular weight excluding hydrogens is 507 g/mol. The third kappa shape index (κ3) is 11.3. The maximum absolute atomic E-state index is 12.9. The van der Waals surface area contributed by atoms with Crippen molar-refractivity contribution >= 4 is 12.1 Å². The molecule has 0 aliphatic rings. The number of aliphatic carboxylic acids is 1. The molecule has 0 bridgehead atoms. The predicted molar refractivity (Wildman–Crippen MR) is 133 cm³/mol. The molecule has 0 heterocycles. The van der Waals surface area contributed by atoms with E-state index in [9.17, 15) is 27.9 Å². The van der Waals surface area contributed by atoms with E-state index in [1.807, 2.05) is 13.8 Å². The van der Waals surface area contributed by atoms with Crippen molar-refractivity contribution < 1.29 is 46.8 Å². The number of benzene rings is 2. The fraction of sp³-hybridized carbons (Fsp3) is 0.481. The van der Waals surface area contributed by atoms with E-state index >= 15 is 0 Å². The number of carbonyl (C=O) groups is 2. The quantitative estimate of drug-likeness (QED) is 0.299. The maximum Gasteiger partial charge on any atom is 0.573 e. The second-order valence-electron chi connectivity index (χ2n) is 8.86. The summed E-state index contributed by atoms with van der Waals surface area (Å²) in [5.74, 6) is -1.07. The van der Waals surface area contributed by atoms with Crippen LogP contribution >= 0.6 is 0 Å². The molecule has 0 fully saturated rings. The van der Waals surface area contributed by atoms with Crippen molar-refractivity contribution in [3.05, 3.63) is 54.1 Å². The number of carboxylic acid groups (broad SMARTS) is 1. The highest BCUT2D eigenvalue weighted by Crippen LogP contribution is 2.32. The molecule has 0 saturated heterocycles. The minimum absolute atomic E-state index is 0.105. The van der Waals surface area contributed by atoms with E-state index in [-0.39, 0.29) is 31.9 Å². The lowest BCUT2D eigenvalue weighted by atomic mass is 10.1. The lowest BCUT2D eigenvalue weighted by Gasteiger charge is -2.23. The summed E-state index contributed by atoms with van der Waals surface area (Å²) in [5.41, 5.74) is 0.761. The van der Waals surface area contributed by atoms with Crippen LogP contribution in [0.1, 0.15) is 39.2 Å². The summed E-state index contributed by atoms with van der Waals surface area (Å²) >= 11 is 0. The summed E-state index contributed by atoms with van der Waals surface area (Å²) in [6.07, 6.45) is -4.96. The molecule has 1 unspecified atom stereocenters. The molecule has 11 heteroatoms. The molecule has 0 saturated carbocycles. The monoisotopic (exact) mass is 541 g/mol. The minimum Gasteiger partial charge on any atom is -0.492 e. The molecule has 8 nitrogen and oxygen atoms in total. The number of amides is 1. The van der Waals surface area contributed by atoms with Crippen LogP contribution < -0.4 is 14.2 Å². The molecular formula is C27H34F3NO7. The Morgan fingerprint density at radius 3 is 2.24 bits per heavy atom. The molecule has 0 aliphatic carbocycles. The van der Waals surface area contributed by atoms with Crippen molar-refractivity contribution in [2.45, 2.75) is 52.5 Å². The molecule has 1 atom stereocenters. The van der Waals surface area contributed by atoms with Gasteiger partial charge in [-0.1, -0.05) is 38.1 Å². The average Bonchev–Trinajstić information content (AvgIpc) is 2.83. The predicted octanol–water partition coefficient (Wildman–Crippen LogP) is 5.93. The summed E-state index contributed by atoms with van der Waals surface area (Å²) in [6.45, 7) is 6.68. The molecule has 2 aromatic carbocycles. The van der Waals surface area contributed by atoms with Crippen molar-refractivity contribution in [2.75, 3.05) is 26.3 Å². The number of alkyl halides is 3. The number of rotatable bonds is 15. The SMILES string of the molecule is CCOC(Cc1ccc(OCCN(CCCC(C)C)C(=O)Oc2ccccc2OC(F)(F)F)cc1)C(=O)O. The van der Waals surface area contributed by atoms with Crippen molar-refractivity contribution in [1.29, 1.82) is 0 Å². The van der Waals surface area contributed by atoms with Gasteiger partial charge in [-0.25, -0.2) is 9.59 Å². The van der Waals surface area contributed by atoms with Gasteiger partial charge in [-0.05, 0) is 55.5 Å². The van der Waals surface area contributed by atoms with Crippen molar-refractivity contribution in [1.82, 2.24) is 4.90 Å². The van der Waals surface area contributed by atoms with Gasteiger partial charge in [-0.2, -0.15) is 0 Å². The smallest absolute Gasteiger partial charge is 0.492 e. The molecule has 1 N–H and O–H groups in total. The van der Waals surface area contributed by atoms with Gasteiger partial charge in [0.05, 0.1) is 6.54 Å². The van der Waals surface area contributed by atoms with E-state index in [0.717, 1.165) is 18.1 Å². The summed E-state index contributed by atoms with van der Waals surface area (Å²) in [4.78, 5) is 25.5. The Bertz CT molecular complexity index is 1010. The number of carbonyl (C=O) groups excluding carboxylic acids is 1. The van der Waals surface area contributed by atoms with E-state index in [1.54, 1.807) is 31.2 Å². The molecule has 2 rings (SSSR count). The Morgan fingerprint density at radius 2 is 1.66 bits per heavy atom. The maximum atomic E-state index is 12.9. The lowest BCUT2D eigenvalue weighted by Crippen LogP contribution is -2.37. The summed E-state index contributed by atoms with van der Waals surface area (Å²) in [6, 6.07) is 11.9. The molecule has 0 radical (unpaired) electrons. The summed E-state index contributed by atoms with van der Waals surface area (Å²) in [5, 5.41) is 9.23. The number of carboxylic acids is 1. The first-order valence-electron chi connectivity index (χ1n) is 12.4. The highest BCUT2D eigenvalue weighted by molar-refractivity contribution is 5.73. The molecule has 210 valence electrons. The topological polar surface area (TPSA) is 94.5 Å². The number of halogens is 3. The highest BCUT2D eigenvalue weighted by atomic mass is 19.4. The molecule has 0 spiro atoms. The minimum atomic E-state index is -4.93. The van der Waals surface area contributed by atoms with Crippen molar-refractivity contribution in [3.8, 4) is 17.2 Å². The van der Waals surface area contributed by atoms with Gasteiger partial charge < -0.3 is 29.0 Å². The van der Waals surface area contributed by atoms with E-state index in [4.69, 9.17) is 14.2 Å². The highest BCUT2D eigenvalue weighted by Gasteiger charge is 2.33. The third-order valence-electron chi connectivity index (χ3n) is 5.36. The van der Waals surface area contributed by atoms with Crippen LogP contribution in [0.5, 0.6) is 17.2 Å². The Balaban J connectivity index is 2.00. The van der Waals surface area contributed by atoms with Gasteiger partial charge in [-0.3, -0.25) is 0 Å².